The largest absolute Gasteiger partial charge is 0.511 e. The molecule has 0 aliphatic carbocycles. The molecule has 0 aromatic rings. The minimum absolute atomic E-state index is 0.325. The smallest absolute Gasteiger partial charge is 0.108 e. The molecule has 0 fully saturated rings. The minimum Gasteiger partial charge on any atom is -0.511 e. The summed E-state index contributed by atoms with van der Waals surface area (Å²) in [6.07, 6.45) is 9.51. The molecule has 0 saturated carbocycles. The van der Waals surface area contributed by atoms with E-state index in [1.807, 2.05) is 0 Å². The van der Waals surface area contributed by atoms with Gasteiger partial charge < -0.3 is 10.8 Å². The van der Waals surface area contributed by atoms with Crippen LogP contribution < -0.4 is 5.73 Å². The Kier molecular flexibility index (Phi) is 7.97. The van der Waals surface area contributed by atoms with Crippen molar-refractivity contribution in [2.24, 2.45) is 5.73 Å². The van der Waals surface area contributed by atoms with Crippen LogP contribution in [0.3, 0.4) is 0 Å². The molecule has 0 saturated heterocycles. The maximum atomic E-state index is 9.00. The Labute approximate surface area is 75.5 Å². The fourth-order valence-electron chi connectivity index (χ4n) is 1.17. The van der Waals surface area contributed by atoms with E-state index in [-0.39, 0.29) is 0 Å². The maximum absolute atomic E-state index is 9.00. The zero-order valence-electron chi connectivity index (χ0n) is 8.05. The summed E-state index contributed by atoms with van der Waals surface area (Å²) in [5, 5.41) is 9.00. The molecular weight excluding hydrogens is 150 g/mol. The van der Waals surface area contributed by atoms with Gasteiger partial charge >= 0.3 is 0 Å². The van der Waals surface area contributed by atoms with E-state index in [1.165, 1.54) is 38.3 Å². The molecule has 0 rings (SSSR count). The predicted molar refractivity (Wildman–Crippen MR) is 52.9 cm³/mol. The van der Waals surface area contributed by atoms with Crippen LogP contribution in [0.2, 0.25) is 0 Å². The Morgan fingerprint density at radius 3 is 2.33 bits per heavy atom. The first-order valence-electron chi connectivity index (χ1n) is 4.91. The molecule has 0 heterocycles. The highest BCUT2D eigenvalue weighted by Gasteiger charge is 1.92. The van der Waals surface area contributed by atoms with E-state index >= 15 is 0 Å². The van der Waals surface area contributed by atoms with E-state index in [4.69, 9.17) is 10.8 Å². The average Bonchev–Trinajstić information content (AvgIpc) is 2.10. The molecule has 0 aromatic heterocycles. The number of hydrogen-bond donors (Lipinski definition) is 2. The van der Waals surface area contributed by atoms with Crippen molar-refractivity contribution in [2.75, 3.05) is 0 Å². The monoisotopic (exact) mass is 171 g/mol. The second-order valence-electron chi connectivity index (χ2n) is 3.18. The number of hydrogen-bond acceptors (Lipinski definition) is 2. The van der Waals surface area contributed by atoms with Gasteiger partial charge in [0.2, 0.25) is 0 Å². The van der Waals surface area contributed by atoms with Gasteiger partial charge in [-0.05, 0) is 6.42 Å². The van der Waals surface area contributed by atoms with Crippen molar-refractivity contribution in [3.8, 4) is 0 Å². The van der Waals surface area contributed by atoms with Crippen LogP contribution in [0.25, 0.3) is 0 Å². The van der Waals surface area contributed by atoms with Gasteiger partial charge in [0, 0.05) is 12.6 Å². The molecule has 0 radical (unpaired) electrons. The van der Waals surface area contributed by atoms with Gasteiger partial charge in [-0.15, -0.1) is 0 Å². The van der Waals surface area contributed by atoms with E-state index in [1.54, 1.807) is 0 Å². The molecule has 0 aliphatic heterocycles. The summed E-state index contributed by atoms with van der Waals surface area (Å²) in [5.41, 5.74) is 5.12. The molecule has 0 amide bonds. The second-order valence-corrected chi connectivity index (χ2v) is 3.18. The number of unbranched alkanes of at least 4 members (excludes halogenated alkanes) is 5. The Morgan fingerprint density at radius 1 is 1.17 bits per heavy atom. The van der Waals surface area contributed by atoms with Gasteiger partial charge in [0.15, 0.2) is 0 Å². The number of nitrogens with two attached hydrogens (primary N) is 1. The lowest BCUT2D eigenvalue weighted by atomic mass is 10.1. The summed E-state index contributed by atoms with van der Waals surface area (Å²) in [4.78, 5) is 0. The highest BCUT2D eigenvalue weighted by atomic mass is 16.3. The fraction of sp³-hybridized carbons (Fsp3) is 0.800. The van der Waals surface area contributed by atoms with Crippen molar-refractivity contribution in [3.05, 3.63) is 12.0 Å². The summed E-state index contributed by atoms with van der Waals surface area (Å²) >= 11 is 0. The van der Waals surface area contributed by atoms with Crippen molar-refractivity contribution >= 4 is 0 Å². The van der Waals surface area contributed by atoms with Crippen LogP contribution in [-0.2, 0) is 0 Å². The third-order valence-electron chi connectivity index (χ3n) is 1.98. The standard InChI is InChI=1S/C10H21NO/c1-2-3-4-5-6-7-8-10(12)9-11/h9,12H,2-8,11H2,1H3/b10-9-. The summed E-state index contributed by atoms with van der Waals surface area (Å²) in [6, 6.07) is 0. The van der Waals surface area contributed by atoms with Crippen LogP contribution >= 0.6 is 0 Å². The quantitative estimate of drug-likeness (QED) is 0.456. The summed E-state index contributed by atoms with van der Waals surface area (Å²) in [6.45, 7) is 2.21. The molecule has 0 atom stereocenters. The third kappa shape index (κ3) is 7.45. The first kappa shape index (κ1) is 11.3. The highest BCUT2D eigenvalue weighted by molar-refractivity contribution is 4.85. The molecule has 0 unspecified atom stereocenters. The normalized spacial score (nSPS) is 11.9. The van der Waals surface area contributed by atoms with E-state index in [9.17, 15) is 0 Å². The molecule has 3 N–H and O–H groups in total. The van der Waals surface area contributed by atoms with Gasteiger partial charge in [-0.2, -0.15) is 0 Å². The van der Waals surface area contributed by atoms with Crippen molar-refractivity contribution < 1.29 is 5.11 Å². The topological polar surface area (TPSA) is 46.2 Å². The SMILES string of the molecule is CCCCCCCC/C(O)=C/N. The van der Waals surface area contributed by atoms with Crippen molar-refractivity contribution in [2.45, 2.75) is 51.9 Å². The Hall–Kier alpha value is -0.660. The van der Waals surface area contributed by atoms with E-state index < -0.39 is 0 Å². The van der Waals surface area contributed by atoms with E-state index in [0.717, 1.165) is 12.8 Å². The Morgan fingerprint density at radius 2 is 1.75 bits per heavy atom. The van der Waals surface area contributed by atoms with Crippen LogP contribution in [0.5, 0.6) is 0 Å². The molecule has 2 nitrogen and oxygen atoms in total. The molecule has 12 heavy (non-hydrogen) atoms. The predicted octanol–water partition coefficient (Wildman–Crippen LogP) is 3.10. The number of rotatable bonds is 7. The number of aliphatic hydroxyl groups excluding tert-OH is 1. The van der Waals surface area contributed by atoms with Crippen LogP contribution in [-0.4, -0.2) is 5.11 Å². The van der Waals surface area contributed by atoms with E-state index in [0.29, 0.717) is 5.76 Å². The number of allylic oxidation sites excluding steroid dienone is 1. The molecule has 0 aliphatic rings. The summed E-state index contributed by atoms with van der Waals surface area (Å²) < 4.78 is 0. The summed E-state index contributed by atoms with van der Waals surface area (Å²) in [5.74, 6) is 0.325. The Balaban J connectivity index is 3.00. The van der Waals surface area contributed by atoms with Crippen LogP contribution in [0.4, 0.5) is 0 Å². The second kappa shape index (κ2) is 8.44. The van der Waals surface area contributed by atoms with Crippen molar-refractivity contribution in [1.29, 1.82) is 0 Å². The molecule has 72 valence electrons. The molecule has 0 aromatic carbocycles. The fourth-order valence-corrected chi connectivity index (χ4v) is 1.17. The van der Waals surface area contributed by atoms with Gasteiger partial charge in [-0.1, -0.05) is 39.0 Å². The molecule has 2 heteroatoms. The van der Waals surface area contributed by atoms with Crippen LogP contribution in [0.15, 0.2) is 12.0 Å². The van der Waals surface area contributed by atoms with Gasteiger partial charge in [-0.25, -0.2) is 0 Å². The van der Waals surface area contributed by atoms with Crippen LogP contribution in [0.1, 0.15) is 51.9 Å². The first-order chi connectivity index (χ1) is 5.81. The van der Waals surface area contributed by atoms with Gasteiger partial charge in [0.05, 0.1) is 0 Å². The third-order valence-corrected chi connectivity index (χ3v) is 1.98. The zero-order chi connectivity index (χ0) is 9.23. The molecule has 0 spiro atoms. The van der Waals surface area contributed by atoms with Crippen molar-refractivity contribution in [1.82, 2.24) is 0 Å². The van der Waals surface area contributed by atoms with Gasteiger partial charge in [-0.3, -0.25) is 0 Å². The minimum atomic E-state index is 0.325. The summed E-state index contributed by atoms with van der Waals surface area (Å²) in [7, 11) is 0. The lowest BCUT2D eigenvalue weighted by Crippen LogP contribution is -1.88. The lowest BCUT2D eigenvalue weighted by Gasteiger charge is -1.99. The Bertz CT molecular complexity index is 121. The number of aliphatic hydroxyl groups is 1. The lowest BCUT2D eigenvalue weighted by molar-refractivity contribution is 0.378. The first-order valence-corrected chi connectivity index (χ1v) is 4.91. The zero-order valence-corrected chi connectivity index (χ0v) is 8.05. The van der Waals surface area contributed by atoms with Crippen molar-refractivity contribution in [3.63, 3.8) is 0 Å². The highest BCUT2D eigenvalue weighted by Crippen LogP contribution is 2.09. The molecular formula is C10H21NO. The maximum Gasteiger partial charge on any atom is 0.108 e. The van der Waals surface area contributed by atoms with Gasteiger partial charge in [0.25, 0.3) is 0 Å². The van der Waals surface area contributed by atoms with Crippen LogP contribution in [0, 0.1) is 0 Å². The molecule has 0 bridgehead atoms. The van der Waals surface area contributed by atoms with Gasteiger partial charge in [0.1, 0.15) is 5.76 Å². The van der Waals surface area contributed by atoms with E-state index in [2.05, 4.69) is 6.92 Å². The average molecular weight is 171 g/mol.